The number of aliphatic hydroxyl groups excluding tert-OH is 1. The molecule has 0 heterocycles. The van der Waals surface area contributed by atoms with E-state index in [9.17, 15) is 19.4 Å². The van der Waals surface area contributed by atoms with Crippen molar-refractivity contribution in [2.75, 3.05) is 6.61 Å². The van der Waals surface area contributed by atoms with E-state index in [2.05, 4.69) is 5.32 Å². The van der Waals surface area contributed by atoms with Gasteiger partial charge < -0.3 is 15.5 Å². The molecule has 5 heteroatoms. The molecule has 0 unspecified atom stereocenters. The Bertz CT molecular complexity index is 438. The SMILES string of the molecule is O=C(NC1(CO)CCC1)c1ccc(F)cc1O. The molecule has 1 aromatic carbocycles. The molecule has 4 nitrogen and oxygen atoms in total. The second kappa shape index (κ2) is 4.33. The van der Waals surface area contributed by atoms with Gasteiger partial charge in [0.25, 0.3) is 5.91 Å². The molecule has 0 radical (unpaired) electrons. The molecule has 1 aliphatic carbocycles. The number of amides is 1. The van der Waals surface area contributed by atoms with Crippen LogP contribution in [0.2, 0.25) is 0 Å². The molecule has 1 saturated carbocycles. The molecular weight excluding hydrogens is 225 g/mol. The summed E-state index contributed by atoms with van der Waals surface area (Å²) in [5, 5.41) is 21.4. The van der Waals surface area contributed by atoms with Crippen LogP contribution in [0.4, 0.5) is 4.39 Å². The molecule has 1 aliphatic rings. The van der Waals surface area contributed by atoms with Crippen LogP contribution in [0.25, 0.3) is 0 Å². The van der Waals surface area contributed by atoms with Gasteiger partial charge in [0.05, 0.1) is 17.7 Å². The first kappa shape index (κ1) is 11.9. The number of phenolic OH excluding ortho intramolecular Hbond substituents is 1. The summed E-state index contributed by atoms with van der Waals surface area (Å²) in [5.74, 6) is -1.48. The van der Waals surface area contributed by atoms with Gasteiger partial charge in [0, 0.05) is 6.07 Å². The lowest BCUT2D eigenvalue weighted by Gasteiger charge is -2.40. The number of nitrogens with one attached hydrogen (secondary N) is 1. The summed E-state index contributed by atoms with van der Waals surface area (Å²) in [6.45, 7) is -0.124. The van der Waals surface area contributed by atoms with E-state index in [1.54, 1.807) is 0 Å². The van der Waals surface area contributed by atoms with Gasteiger partial charge in [0.1, 0.15) is 11.6 Å². The van der Waals surface area contributed by atoms with E-state index in [0.29, 0.717) is 0 Å². The number of aliphatic hydroxyl groups is 1. The third kappa shape index (κ3) is 2.24. The standard InChI is InChI=1S/C12H14FNO3/c13-8-2-3-9(10(16)6-8)11(17)14-12(7-15)4-1-5-12/h2-3,6,15-16H,1,4-5,7H2,(H,14,17). The van der Waals surface area contributed by atoms with E-state index in [1.165, 1.54) is 6.07 Å². The van der Waals surface area contributed by atoms with Crippen LogP contribution in [0.3, 0.4) is 0 Å². The Morgan fingerprint density at radius 3 is 2.65 bits per heavy atom. The number of halogens is 1. The van der Waals surface area contributed by atoms with Crippen LogP contribution in [0, 0.1) is 5.82 Å². The van der Waals surface area contributed by atoms with Crippen LogP contribution in [-0.4, -0.2) is 28.3 Å². The summed E-state index contributed by atoms with van der Waals surface area (Å²) in [5.41, 5.74) is -0.552. The zero-order valence-electron chi connectivity index (χ0n) is 9.24. The summed E-state index contributed by atoms with van der Waals surface area (Å²) in [6.07, 6.45) is 2.39. The average Bonchev–Trinajstić information content (AvgIpc) is 2.23. The molecule has 92 valence electrons. The highest BCUT2D eigenvalue weighted by Crippen LogP contribution is 2.32. The lowest BCUT2D eigenvalue weighted by Crippen LogP contribution is -2.56. The topological polar surface area (TPSA) is 69.6 Å². The van der Waals surface area contributed by atoms with Crippen molar-refractivity contribution < 1.29 is 19.4 Å². The minimum atomic E-state index is -0.598. The van der Waals surface area contributed by atoms with E-state index in [4.69, 9.17) is 0 Å². The quantitative estimate of drug-likeness (QED) is 0.741. The molecule has 1 amide bonds. The fourth-order valence-electron chi connectivity index (χ4n) is 1.93. The van der Waals surface area contributed by atoms with Crippen molar-refractivity contribution in [3.05, 3.63) is 29.6 Å². The number of aromatic hydroxyl groups is 1. The van der Waals surface area contributed by atoms with Gasteiger partial charge >= 0.3 is 0 Å². The number of hydrogen-bond acceptors (Lipinski definition) is 3. The van der Waals surface area contributed by atoms with Crippen LogP contribution in [0.15, 0.2) is 18.2 Å². The van der Waals surface area contributed by atoms with Gasteiger partial charge in [-0.25, -0.2) is 4.39 Å². The Kier molecular flexibility index (Phi) is 3.02. The molecule has 1 fully saturated rings. The highest BCUT2D eigenvalue weighted by Gasteiger charge is 2.38. The molecule has 1 aromatic rings. The number of carbonyl (C=O) groups excluding carboxylic acids is 1. The van der Waals surface area contributed by atoms with E-state index in [-0.39, 0.29) is 12.2 Å². The molecule has 2 rings (SSSR count). The minimum absolute atomic E-state index is 0.0196. The fourth-order valence-corrected chi connectivity index (χ4v) is 1.93. The fraction of sp³-hybridized carbons (Fsp3) is 0.417. The molecule has 3 N–H and O–H groups in total. The van der Waals surface area contributed by atoms with Crippen molar-refractivity contribution in [1.82, 2.24) is 5.32 Å². The van der Waals surface area contributed by atoms with Crippen molar-refractivity contribution in [3.8, 4) is 5.75 Å². The molecule has 0 bridgehead atoms. The Morgan fingerprint density at radius 2 is 2.18 bits per heavy atom. The third-order valence-electron chi connectivity index (χ3n) is 3.20. The first-order chi connectivity index (χ1) is 8.06. The van der Waals surface area contributed by atoms with Crippen molar-refractivity contribution in [3.63, 3.8) is 0 Å². The maximum Gasteiger partial charge on any atom is 0.255 e. The number of phenols is 1. The summed E-state index contributed by atoms with van der Waals surface area (Å²) in [4.78, 5) is 11.8. The van der Waals surface area contributed by atoms with Crippen molar-refractivity contribution in [2.24, 2.45) is 0 Å². The molecule has 0 atom stereocenters. The van der Waals surface area contributed by atoms with Crippen molar-refractivity contribution in [2.45, 2.75) is 24.8 Å². The van der Waals surface area contributed by atoms with Crippen LogP contribution < -0.4 is 5.32 Å². The molecule has 17 heavy (non-hydrogen) atoms. The highest BCUT2D eigenvalue weighted by molar-refractivity contribution is 5.97. The summed E-state index contributed by atoms with van der Waals surface area (Å²) in [6, 6.07) is 3.23. The molecule has 0 spiro atoms. The summed E-state index contributed by atoms with van der Waals surface area (Å²) in [7, 11) is 0. The largest absolute Gasteiger partial charge is 0.507 e. The van der Waals surface area contributed by atoms with Gasteiger partial charge in [-0.2, -0.15) is 0 Å². The van der Waals surface area contributed by atoms with Crippen LogP contribution in [0.5, 0.6) is 5.75 Å². The van der Waals surface area contributed by atoms with Crippen LogP contribution >= 0.6 is 0 Å². The predicted octanol–water partition coefficient (Wildman–Crippen LogP) is 1.18. The first-order valence-electron chi connectivity index (χ1n) is 5.48. The Balaban J connectivity index is 2.14. The monoisotopic (exact) mass is 239 g/mol. The zero-order valence-corrected chi connectivity index (χ0v) is 9.24. The maximum atomic E-state index is 12.8. The lowest BCUT2D eigenvalue weighted by atomic mass is 9.77. The second-order valence-electron chi connectivity index (χ2n) is 4.41. The molecule has 0 saturated heterocycles. The Hall–Kier alpha value is -1.62. The second-order valence-corrected chi connectivity index (χ2v) is 4.41. The van der Waals surface area contributed by atoms with Gasteiger partial charge in [-0.3, -0.25) is 4.79 Å². The molecular formula is C12H14FNO3. The lowest BCUT2D eigenvalue weighted by molar-refractivity contribution is 0.0639. The van der Waals surface area contributed by atoms with E-state index in [0.717, 1.165) is 31.4 Å². The highest BCUT2D eigenvalue weighted by atomic mass is 19.1. The average molecular weight is 239 g/mol. The zero-order chi connectivity index (χ0) is 12.5. The van der Waals surface area contributed by atoms with Gasteiger partial charge in [-0.05, 0) is 31.4 Å². The first-order valence-corrected chi connectivity index (χ1v) is 5.48. The van der Waals surface area contributed by atoms with E-state index < -0.39 is 23.0 Å². The van der Waals surface area contributed by atoms with Crippen molar-refractivity contribution >= 4 is 5.91 Å². The normalized spacial score (nSPS) is 17.3. The Labute approximate surface area is 98.1 Å². The van der Waals surface area contributed by atoms with Gasteiger partial charge in [0.15, 0.2) is 0 Å². The smallest absolute Gasteiger partial charge is 0.255 e. The van der Waals surface area contributed by atoms with E-state index in [1.807, 2.05) is 0 Å². The number of rotatable bonds is 3. The predicted molar refractivity (Wildman–Crippen MR) is 59.2 cm³/mol. The summed E-state index contributed by atoms with van der Waals surface area (Å²) < 4.78 is 12.8. The van der Waals surface area contributed by atoms with Gasteiger partial charge in [-0.15, -0.1) is 0 Å². The number of carbonyl (C=O) groups is 1. The number of benzene rings is 1. The van der Waals surface area contributed by atoms with Gasteiger partial charge in [-0.1, -0.05) is 0 Å². The van der Waals surface area contributed by atoms with Gasteiger partial charge in [0.2, 0.25) is 0 Å². The van der Waals surface area contributed by atoms with Crippen molar-refractivity contribution in [1.29, 1.82) is 0 Å². The van der Waals surface area contributed by atoms with Crippen LogP contribution in [0.1, 0.15) is 29.6 Å². The Morgan fingerprint density at radius 1 is 1.47 bits per heavy atom. The minimum Gasteiger partial charge on any atom is -0.507 e. The van der Waals surface area contributed by atoms with E-state index >= 15 is 0 Å². The maximum absolute atomic E-state index is 12.8. The third-order valence-corrected chi connectivity index (χ3v) is 3.20. The molecule has 0 aromatic heterocycles. The summed E-state index contributed by atoms with van der Waals surface area (Å²) >= 11 is 0. The molecule has 0 aliphatic heterocycles. The van der Waals surface area contributed by atoms with Crippen LogP contribution in [-0.2, 0) is 0 Å². The number of hydrogen-bond donors (Lipinski definition) is 3.